The van der Waals surface area contributed by atoms with Crippen molar-refractivity contribution in [3.8, 4) is 0 Å². The Morgan fingerprint density at radius 1 is 0.743 bits per heavy atom. The van der Waals surface area contributed by atoms with Crippen molar-refractivity contribution in [2.75, 3.05) is 6.54 Å². The minimum Gasteiger partial charge on any atom is -0.481 e. The quantitative estimate of drug-likeness (QED) is 0.0534. The Kier molecular flexibility index (Phi) is 14.0. The highest BCUT2D eigenvalue weighted by Crippen LogP contribution is 2.06. The summed E-state index contributed by atoms with van der Waals surface area (Å²) in [5, 5.41) is 34.0. The number of aliphatic imine (C=N–C) groups is 1. The Labute approximate surface area is 200 Å². The first-order chi connectivity index (χ1) is 16.2. The highest BCUT2D eigenvalue weighted by molar-refractivity contribution is 5.94. The van der Waals surface area contributed by atoms with Gasteiger partial charge in [0.2, 0.25) is 17.7 Å². The van der Waals surface area contributed by atoms with Crippen molar-refractivity contribution in [3.63, 3.8) is 0 Å². The Balaban J connectivity index is 5.50. The van der Waals surface area contributed by atoms with Crippen LogP contribution in [0, 0.1) is 0 Å². The average molecular weight is 504 g/mol. The molecule has 4 unspecified atom stereocenters. The van der Waals surface area contributed by atoms with E-state index in [0.29, 0.717) is 0 Å². The van der Waals surface area contributed by atoms with Crippen molar-refractivity contribution in [2.45, 2.75) is 69.6 Å². The van der Waals surface area contributed by atoms with Gasteiger partial charge in [-0.15, -0.1) is 0 Å². The fourth-order valence-corrected chi connectivity index (χ4v) is 2.68. The molecule has 0 aliphatic rings. The second kappa shape index (κ2) is 15.8. The predicted octanol–water partition coefficient (Wildman–Crippen LogP) is -3.34. The molecule has 3 amide bonds. The number of aliphatic carboxylic acids is 3. The molecule has 0 aromatic carbocycles. The maximum absolute atomic E-state index is 12.7. The van der Waals surface area contributed by atoms with E-state index in [9.17, 15) is 33.9 Å². The number of carbonyl (C=O) groups is 6. The monoisotopic (exact) mass is 503 g/mol. The van der Waals surface area contributed by atoms with Crippen molar-refractivity contribution in [3.05, 3.63) is 0 Å². The topological polar surface area (TPSA) is 290 Å². The van der Waals surface area contributed by atoms with Crippen molar-refractivity contribution in [1.82, 2.24) is 16.0 Å². The van der Waals surface area contributed by atoms with Crippen molar-refractivity contribution in [1.29, 1.82) is 0 Å². The van der Waals surface area contributed by atoms with Gasteiger partial charge < -0.3 is 48.5 Å². The molecule has 0 heterocycles. The molecule has 12 N–H and O–H groups in total. The molecule has 0 rings (SSSR count). The molecule has 0 aliphatic carbocycles. The number of nitrogens with zero attached hydrogens (tertiary/aromatic N) is 1. The van der Waals surface area contributed by atoms with E-state index in [-0.39, 0.29) is 31.8 Å². The van der Waals surface area contributed by atoms with E-state index in [1.807, 2.05) is 0 Å². The maximum Gasteiger partial charge on any atom is 0.326 e. The van der Waals surface area contributed by atoms with E-state index < -0.39 is 79.1 Å². The SMILES string of the molecule is CC(N)C(=O)NC(CCC(=O)O)C(=O)NC(CCC(=O)O)C(=O)NC(CCCN=C(N)N)C(=O)O. The van der Waals surface area contributed by atoms with Crippen LogP contribution in [0.3, 0.4) is 0 Å². The van der Waals surface area contributed by atoms with Crippen LogP contribution >= 0.6 is 0 Å². The smallest absolute Gasteiger partial charge is 0.326 e. The molecular weight excluding hydrogens is 470 g/mol. The van der Waals surface area contributed by atoms with Crippen molar-refractivity contribution in [2.24, 2.45) is 22.2 Å². The van der Waals surface area contributed by atoms with Crippen molar-refractivity contribution >= 4 is 41.6 Å². The van der Waals surface area contributed by atoms with Gasteiger partial charge in [-0.25, -0.2) is 4.79 Å². The van der Waals surface area contributed by atoms with Gasteiger partial charge in [-0.2, -0.15) is 0 Å². The maximum atomic E-state index is 12.7. The van der Waals surface area contributed by atoms with Gasteiger partial charge in [-0.05, 0) is 32.6 Å². The third kappa shape index (κ3) is 14.0. The number of nitrogens with one attached hydrogen (secondary N) is 3. The number of rotatable bonds is 17. The van der Waals surface area contributed by atoms with Gasteiger partial charge in [-0.1, -0.05) is 0 Å². The lowest BCUT2D eigenvalue weighted by Crippen LogP contribution is -2.57. The van der Waals surface area contributed by atoms with Crippen LogP contribution in [0.4, 0.5) is 0 Å². The minimum atomic E-state index is -1.49. The van der Waals surface area contributed by atoms with Gasteiger partial charge >= 0.3 is 17.9 Å². The van der Waals surface area contributed by atoms with Crippen LogP contribution < -0.4 is 33.2 Å². The van der Waals surface area contributed by atoms with E-state index in [1.165, 1.54) is 6.92 Å². The van der Waals surface area contributed by atoms with Crippen LogP contribution in [-0.4, -0.2) is 87.6 Å². The molecule has 4 atom stereocenters. The Morgan fingerprint density at radius 2 is 1.17 bits per heavy atom. The molecule has 16 nitrogen and oxygen atoms in total. The molecule has 0 saturated carbocycles. The normalized spacial score (nSPS) is 13.9. The summed E-state index contributed by atoms with van der Waals surface area (Å²) >= 11 is 0. The lowest BCUT2D eigenvalue weighted by molar-refractivity contribution is -0.143. The molecular formula is C19H33N7O9. The standard InChI is InChI=1S/C19H33N7O9/c1-9(20)15(31)24-10(4-6-13(27)28)16(32)25-11(5-7-14(29)30)17(33)26-12(18(34)35)3-2-8-23-19(21)22/h9-12H,2-8,20H2,1H3,(H,24,31)(H,25,32)(H,26,33)(H,27,28)(H,29,30)(H,34,35)(H4,21,22,23). The van der Waals surface area contributed by atoms with Gasteiger partial charge in [-0.3, -0.25) is 29.0 Å². The summed E-state index contributed by atoms with van der Waals surface area (Å²) in [4.78, 5) is 74.5. The van der Waals surface area contributed by atoms with Gasteiger partial charge in [0.05, 0.1) is 6.04 Å². The molecule has 16 heteroatoms. The predicted molar refractivity (Wildman–Crippen MR) is 121 cm³/mol. The Bertz CT molecular complexity index is 812. The molecule has 35 heavy (non-hydrogen) atoms. The summed E-state index contributed by atoms with van der Waals surface area (Å²) in [6.45, 7) is 1.44. The molecule has 0 aromatic heterocycles. The van der Waals surface area contributed by atoms with Gasteiger partial charge in [0, 0.05) is 19.4 Å². The Hall–Kier alpha value is -3.95. The summed E-state index contributed by atoms with van der Waals surface area (Å²) in [5.41, 5.74) is 15.8. The van der Waals surface area contributed by atoms with Crippen LogP contribution in [0.2, 0.25) is 0 Å². The molecule has 198 valence electrons. The lowest BCUT2D eigenvalue weighted by atomic mass is 10.1. The minimum absolute atomic E-state index is 0.0663. The van der Waals surface area contributed by atoms with Gasteiger partial charge in [0.25, 0.3) is 0 Å². The third-order valence-corrected chi connectivity index (χ3v) is 4.53. The summed E-state index contributed by atoms with van der Waals surface area (Å²) in [5.74, 6) is -6.80. The number of nitrogens with two attached hydrogens (primary N) is 3. The fraction of sp³-hybridized carbons (Fsp3) is 0.632. The zero-order valence-corrected chi connectivity index (χ0v) is 19.2. The third-order valence-electron chi connectivity index (χ3n) is 4.53. The highest BCUT2D eigenvalue weighted by Gasteiger charge is 2.30. The van der Waals surface area contributed by atoms with Gasteiger partial charge in [0.1, 0.15) is 18.1 Å². The lowest BCUT2D eigenvalue weighted by Gasteiger charge is -2.24. The van der Waals surface area contributed by atoms with E-state index in [0.717, 1.165) is 0 Å². The molecule has 0 aromatic rings. The summed E-state index contributed by atoms with van der Waals surface area (Å²) < 4.78 is 0. The van der Waals surface area contributed by atoms with Crippen molar-refractivity contribution < 1.29 is 44.1 Å². The number of guanidine groups is 1. The first-order valence-electron chi connectivity index (χ1n) is 10.6. The molecule has 0 saturated heterocycles. The second-order valence-electron chi connectivity index (χ2n) is 7.62. The van der Waals surface area contributed by atoms with Crippen LogP contribution in [0.5, 0.6) is 0 Å². The molecule has 0 spiro atoms. The molecule has 0 fully saturated rings. The molecule has 0 radical (unpaired) electrons. The molecule has 0 bridgehead atoms. The average Bonchev–Trinajstić information content (AvgIpc) is 2.74. The fourth-order valence-electron chi connectivity index (χ4n) is 2.68. The highest BCUT2D eigenvalue weighted by atomic mass is 16.4. The first-order valence-corrected chi connectivity index (χ1v) is 10.6. The number of carbonyl (C=O) groups excluding carboxylic acids is 3. The summed E-state index contributed by atoms with van der Waals surface area (Å²) in [6.07, 6.45) is -1.66. The molecule has 0 aliphatic heterocycles. The summed E-state index contributed by atoms with van der Waals surface area (Å²) in [6, 6.07) is -5.28. The number of carboxylic acids is 3. The van der Waals surface area contributed by atoms with E-state index in [1.54, 1.807) is 0 Å². The van der Waals surface area contributed by atoms with E-state index in [4.69, 9.17) is 27.4 Å². The van der Waals surface area contributed by atoms with Crippen LogP contribution in [-0.2, 0) is 28.8 Å². The summed E-state index contributed by atoms with van der Waals surface area (Å²) in [7, 11) is 0. The van der Waals surface area contributed by atoms with E-state index >= 15 is 0 Å². The zero-order chi connectivity index (χ0) is 27.1. The van der Waals surface area contributed by atoms with Gasteiger partial charge in [0.15, 0.2) is 5.96 Å². The van der Waals surface area contributed by atoms with E-state index in [2.05, 4.69) is 20.9 Å². The largest absolute Gasteiger partial charge is 0.481 e. The number of carboxylic acid groups (broad SMARTS) is 3. The number of hydrogen-bond acceptors (Lipinski definition) is 8. The number of amides is 3. The van der Waals surface area contributed by atoms with Crippen LogP contribution in [0.1, 0.15) is 45.4 Å². The first kappa shape index (κ1) is 31.0. The van der Waals surface area contributed by atoms with Crippen LogP contribution in [0.15, 0.2) is 4.99 Å². The zero-order valence-electron chi connectivity index (χ0n) is 19.2. The number of hydrogen-bond donors (Lipinski definition) is 9. The van der Waals surface area contributed by atoms with Crippen LogP contribution in [0.25, 0.3) is 0 Å². The second-order valence-corrected chi connectivity index (χ2v) is 7.62. The Morgan fingerprint density at radius 3 is 1.54 bits per heavy atom.